The van der Waals surface area contributed by atoms with E-state index in [2.05, 4.69) is 42.6 Å². The first-order chi connectivity index (χ1) is 14.3. The molecule has 0 aliphatic rings. The van der Waals surface area contributed by atoms with Crippen LogP contribution in [-0.4, -0.2) is 34.6 Å². The zero-order valence-corrected chi connectivity index (χ0v) is 19.6. The van der Waals surface area contributed by atoms with Crippen molar-refractivity contribution in [3.8, 4) is 0 Å². The van der Waals surface area contributed by atoms with Gasteiger partial charge in [0.25, 0.3) is 0 Å². The van der Waals surface area contributed by atoms with Crippen molar-refractivity contribution >= 4 is 23.6 Å². The van der Waals surface area contributed by atoms with E-state index in [1.807, 2.05) is 45.9 Å². The van der Waals surface area contributed by atoms with Crippen LogP contribution < -0.4 is 5.32 Å². The Balaban J connectivity index is 2.07. The van der Waals surface area contributed by atoms with Crippen molar-refractivity contribution in [1.82, 2.24) is 10.2 Å². The predicted molar refractivity (Wildman–Crippen MR) is 126 cm³/mol. The molecular formula is C25H34N2O2S. The molecule has 162 valence electrons. The second-order valence-electron chi connectivity index (χ2n) is 7.92. The van der Waals surface area contributed by atoms with Crippen LogP contribution in [-0.2, 0) is 16.1 Å². The molecule has 2 unspecified atom stereocenters. The molecule has 2 rings (SSSR count). The summed E-state index contributed by atoms with van der Waals surface area (Å²) in [4.78, 5) is 28.7. The van der Waals surface area contributed by atoms with Crippen molar-refractivity contribution in [2.75, 3.05) is 5.75 Å². The van der Waals surface area contributed by atoms with Crippen molar-refractivity contribution in [3.63, 3.8) is 0 Å². The summed E-state index contributed by atoms with van der Waals surface area (Å²) in [5.41, 5.74) is 3.41. The number of hydrogen-bond acceptors (Lipinski definition) is 3. The van der Waals surface area contributed by atoms with Gasteiger partial charge in [-0.15, -0.1) is 11.8 Å². The SMILES string of the molecule is CCC(C)NC(=O)C(C)N(Cc1cccc(C)c1)C(=O)CCSc1ccc(C)cc1. The molecule has 5 heteroatoms. The van der Waals surface area contributed by atoms with Gasteiger partial charge in [-0.05, 0) is 51.8 Å². The number of rotatable bonds is 10. The van der Waals surface area contributed by atoms with Gasteiger partial charge in [0.2, 0.25) is 11.8 Å². The highest BCUT2D eigenvalue weighted by Gasteiger charge is 2.26. The minimum absolute atomic E-state index is 0.00270. The molecule has 30 heavy (non-hydrogen) atoms. The maximum absolute atomic E-state index is 13.1. The predicted octanol–water partition coefficient (Wildman–Crippen LogP) is 5.12. The van der Waals surface area contributed by atoms with E-state index >= 15 is 0 Å². The fourth-order valence-electron chi connectivity index (χ4n) is 3.09. The smallest absolute Gasteiger partial charge is 0.242 e. The van der Waals surface area contributed by atoms with Gasteiger partial charge < -0.3 is 10.2 Å². The molecule has 1 N–H and O–H groups in total. The summed E-state index contributed by atoms with van der Waals surface area (Å²) < 4.78 is 0. The third kappa shape index (κ3) is 7.52. The first-order valence-corrected chi connectivity index (χ1v) is 11.6. The normalized spacial score (nSPS) is 12.8. The van der Waals surface area contributed by atoms with Gasteiger partial charge >= 0.3 is 0 Å². The number of aryl methyl sites for hydroxylation is 2. The summed E-state index contributed by atoms with van der Waals surface area (Å²) in [5.74, 6) is 0.589. The van der Waals surface area contributed by atoms with Crippen LogP contribution in [0.4, 0.5) is 0 Å². The van der Waals surface area contributed by atoms with Gasteiger partial charge in [-0.1, -0.05) is 54.4 Å². The van der Waals surface area contributed by atoms with E-state index in [-0.39, 0.29) is 17.9 Å². The first kappa shape index (κ1) is 24.0. The van der Waals surface area contributed by atoms with Gasteiger partial charge in [-0.3, -0.25) is 9.59 Å². The molecule has 0 bridgehead atoms. The molecule has 0 heterocycles. The highest BCUT2D eigenvalue weighted by molar-refractivity contribution is 7.99. The van der Waals surface area contributed by atoms with Gasteiger partial charge in [-0.2, -0.15) is 0 Å². The highest BCUT2D eigenvalue weighted by Crippen LogP contribution is 2.20. The third-order valence-electron chi connectivity index (χ3n) is 5.21. The molecule has 2 atom stereocenters. The Kier molecular flexibility index (Phi) is 9.44. The van der Waals surface area contributed by atoms with E-state index in [1.54, 1.807) is 16.7 Å². The molecule has 0 saturated heterocycles. The Morgan fingerprint density at radius 2 is 1.73 bits per heavy atom. The largest absolute Gasteiger partial charge is 0.352 e. The Bertz CT molecular complexity index is 835. The van der Waals surface area contributed by atoms with Crippen molar-refractivity contribution in [2.45, 2.75) is 71.0 Å². The number of carbonyl (C=O) groups is 2. The molecule has 0 radical (unpaired) electrons. The number of nitrogens with zero attached hydrogens (tertiary/aromatic N) is 1. The van der Waals surface area contributed by atoms with E-state index in [1.165, 1.54) is 5.56 Å². The van der Waals surface area contributed by atoms with Crippen LogP contribution >= 0.6 is 11.8 Å². The fraction of sp³-hybridized carbons (Fsp3) is 0.440. The van der Waals surface area contributed by atoms with Crippen LogP contribution in [0.5, 0.6) is 0 Å². The molecule has 0 aliphatic carbocycles. The van der Waals surface area contributed by atoms with Crippen LogP contribution in [0.25, 0.3) is 0 Å². The van der Waals surface area contributed by atoms with E-state index in [9.17, 15) is 9.59 Å². The molecule has 0 spiro atoms. The van der Waals surface area contributed by atoms with Crippen LogP contribution in [0.3, 0.4) is 0 Å². The summed E-state index contributed by atoms with van der Waals surface area (Å²) in [6.07, 6.45) is 1.25. The lowest BCUT2D eigenvalue weighted by molar-refractivity contribution is -0.140. The summed E-state index contributed by atoms with van der Waals surface area (Å²) >= 11 is 1.67. The van der Waals surface area contributed by atoms with Gasteiger partial charge in [0, 0.05) is 29.7 Å². The standard InChI is InChI=1S/C25H34N2O2S/c1-6-20(4)26-25(29)21(5)27(17-22-9-7-8-19(3)16-22)24(28)14-15-30-23-12-10-18(2)11-13-23/h7-13,16,20-21H,6,14-15,17H2,1-5H3,(H,26,29). The van der Waals surface area contributed by atoms with Gasteiger partial charge in [0.1, 0.15) is 6.04 Å². The lowest BCUT2D eigenvalue weighted by Gasteiger charge is -2.30. The maximum atomic E-state index is 13.1. The summed E-state index contributed by atoms with van der Waals surface area (Å²) in [6.45, 7) is 10.4. The summed E-state index contributed by atoms with van der Waals surface area (Å²) in [7, 11) is 0. The number of thioether (sulfide) groups is 1. The summed E-state index contributed by atoms with van der Waals surface area (Å²) in [5, 5.41) is 3.01. The molecule has 0 aromatic heterocycles. The fourth-order valence-corrected chi connectivity index (χ4v) is 3.93. The Morgan fingerprint density at radius 1 is 1.03 bits per heavy atom. The van der Waals surface area contributed by atoms with Crippen molar-refractivity contribution in [1.29, 1.82) is 0 Å². The van der Waals surface area contributed by atoms with E-state index < -0.39 is 6.04 Å². The molecule has 2 aromatic carbocycles. The third-order valence-corrected chi connectivity index (χ3v) is 6.22. The van der Waals surface area contributed by atoms with Crippen LogP contribution in [0.1, 0.15) is 50.3 Å². The van der Waals surface area contributed by atoms with Crippen LogP contribution in [0.2, 0.25) is 0 Å². The monoisotopic (exact) mass is 426 g/mol. The molecule has 0 aliphatic heterocycles. The second kappa shape index (κ2) is 11.8. The number of carbonyl (C=O) groups excluding carboxylic acids is 2. The van der Waals surface area contributed by atoms with Crippen LogP contribution in [0.15, 0.2) is 53.4 Å². The number of amides is 2. The van der Waals surface area contributed by atoms with Gasteiger partial charge in [0.15, 0.2) is 0 Å². The first-order valence-electron chi connectivity index (χ1n) is 10.6. The lowest BCUT2D eigenvalue weighted by Crippen LogP contribution is -2.49. The summed E-state index contributed by atoms with van der Waals surface area (Å²) in [6, 6.07) is 16.0. The van der Waals surface area contributed by atoms with Gasteiger partial charge in [-0.25, -0.2) is 0 Å². The second-order valence-corrected chi connectivity index (χ2v) is 9.08. The molecular weight excluding hydrogens is 392 g/mol. The zero-order valence-electron chi connectivity index (χ0n) is 18.8. The number of benzene rings is 2. The minimum atomic E-state index is -0.517. The Morgan fingerprint density at radius 3 is 2.37 bits per heavy atom. The number of hydrogen-bond donors (Lipinski definition) is 1. The van der Waals surface area contributed by atoms with Crippen molar-refractivity contribution in [3.05, 3.63) is 65.2 Å². The Hall–Kier alpha value is -2.27. The zero-order chi connectivity index (χ0) is 22.1. The van der Waals surface area contributed by atoms with E-state index in [0.717, 1.165) is 22.4 Å². The quantitative estimate of drug-likeness (QED) is 0.537. The molecule has 0 fully saturated rings. The highest BCUT2D eigenvalue weighted by atomic mass is 32.2. The minimum Gasteiger partial charge on any atom is -0.352 e. The number of nitrogens with one attached hydrogen (secondary N) is 1. The average Bonchev–Trinajstić information content (AvgIpc) is 2.72. The van der Waals surface area contributed by atoms with E-state index in [4.69, 9.17) is 0 Å². The lowest BCUT2D eigenvalue weighted by atomic mass is 10.1. The molecule has 4 nitrogen and oxygen atoms in total. The van der Waals surface area contributed by atoms with Gasteiger partial charge in [0.05, 0.1) is 0 Å². The molecule has 2 aromatic rings. The molecule has 0 saturated carbocycles. The van der Waals surface area contributed by atoms with Crippen molar-refractivity contribution in [2.24, 2.45) is 0 Å². The Labute approximate surface area is 185 Å². The topological polar surface area (TPSA) is 49.4 Å². The average molecular weight is 427 g/mol. The van der Waals surface area contributed by atoms with E-state index in [0.29, 0.717) is 18.7 Å². The maximum Gasteiger partial charge on any atom is 0.242 e. The van der Waals surface area contributed by atoms with Crippen molar-refractivity contribution < 1.29 is 9.59 Å². The molecule has 2 amide bonds. The van der Waals surface area contributed by atoms with Crippen LogP contribution in [0, 0.1) is 13.8 Å².